The zero-order valence-electron chi connectivity index (χ0n) is 11.6. The summed E-state index contributed by atoms with van der Waals surface area (Å²) in [5.41, 5.74) is 1.40. The van der Waals surface area contributed by atoms with E-state index in [-0.39, 0.29) is 16.8 Å². The highest BCUT2D eigenvalue weighted by molar-refractivity contribution is 7.73. The van der Waals surface area contributed by atoms with Crippen molar-refractivity contribution in [3.8, 4) is 0 Å². The van der Waals surface area contributed by atoms with E-state index >= 15 is 0 Å². The summed E-state index contributed by atoms with van der Waals surface area (Å²) in [6, 6.07) is 9.13. The van der Waals surface area contributed by atoms with E-state index in [0.29, 0.717) is 21.9 Å². The van der Waals surface area contributed by atoms with Crippen molar-refractivity contribution in [2.45, 2.75) is 18.9 Å². The van der Waals surface area contributed by atoms with Crippen LogP contribution < -0.4 is 9.64 Å². The fourth-order valence-electron chi connectivity index (χ4n) is 3.23. The molecule has 3 heterocycles. The number of fused-ring (bicyclic) bond motifs is 3. The molecule has 2 aromatic rings. The first-order valence-corrected chi connectivity index (χ1v) is 8.32. The third kappa shape index (κ3) is 1.93. The normalized spacial score (nSPS) is 20.0. The highest BCUT2D eigenvalue weighted by Crippen LogP contribution is 2.42. The molecule has 5 nitrogen and oxygen atoms in total. The number of aromatic nitrogens is 1. The topological polar surface area (TPSA) is 56.4 Å². The standard InChI is InChI=1S/C15H13N3O2S2/c19-13-11-10-7-4-8-17(10)15(20)18(9-5-2-1-3-6-9)12(11)16-14(21)22-13/h1-3,5-6,10H,4,7-8H2,(H,16,21). The van der Waals surface area contributed by atoms with Crippen molar-refractivity contribution in [3.05, 3.63) is 49.4 Å². The Labute approximate surface area is 135 Å². The number of aromatic amines is 1. The summed E-state index contributed by atoms with van der Waals surface area (Å²) >= 11 is 6.19. The van der Waals surface area contributed by atoms with Crippen LogP contribution in [0.15, 0.2) is 35.1 Å². The van der Waals surface area contributed by atoms with Crippen LogP contribution in [0.4, 0.5) is 16.3 Å². The number of nitrogens with zero attached hydrogens (tertiary/aromatic N) is 2. The van der Waals surface area contributed by atoms with E-state index in [2.05, 4.69) is 4.98 Å². The summed E-state index contributed by atoms with van der Waals surface area (Å²) < 4.78 is 0.341. The minimum Gasteiger partial charge on any atom is -0.323 e. The second-order valence-electron chi connectivity index (χ2n) is 5.37. The van der Waals surface area contributed by atoms with Crippen molar-refractivity contribution in [1.29, 1.82) is 0 Å². The van der Waals surface area contributed by atoms with Gasteiger partial charge in [0.2, 0.25) is 4.74 Å². The summed E-state index contributed by atoms with van der Waals surface area (Å²) in [5.74, 6) is 0.535. The molecule has 1 N–H and O–H groups in total. The molecule has 4 rings (SSSR count). The van der Waals surface area contributed by atoms with E-state index < -0.39 is 0 Å². The van der Waals surface area contributed by atoms with Gasteiger partial charge in [-0.15, -0.1) is 0 Å². The second kappa shape index (κ2) is 5.03. The molecule has 1 aromatic heterocycles. The lowest BCUT2D eigenvalue weighted by atomic mass is 10.0. The minimum absolute atomic E-state index is 0.0518. The SMILES string of the molecule is O=C1N(c2ccccc2)c2[nH]c(=S)sc(=O)c2C2CCCN12. The van der Waals surface area contributed by atoms with Gasteiger partial charge in [0, 0.05) is 6.54 Å². The molecule has 1 aromatic carbocycles. The summed E-state index contributed by atoms with van der Waals surface area (Å²) in [7, 11) is 0. The van der Waals surface area contributed by atoms with Crippen molar-refractivity contribution in [2.24, 2.45) is 0 Å². The molecule has 7 heteroatoms. The van der Waals surface area contributed by atoms with Crippen LogP contribution in [0.3, 0.4) is 0 Å². The van der Waals surface area contributed by atoms with E-state index in [4.69, 9.17) is 12.2 Å². The predicted molar refractivity (Wildman–Crippen MR) is 88.4 cm³/mol. The van der Waals surface area contributed by atoms with Gasteiger partial charge in [0.15, 0.2) is 3.95 Å². The molecule has 0 radical (unpaired) electrons. The average Bonchev–Trinajstić information content (AvgIpc) is 2.97. The second-order valence-corrected chi connectivity index (χ2v) is 7.02. The van der Waals surface area contributed by atoms with E-state index in [1.54, 1.807) is 9.80 Å². The molecule has 1 fully saturated rings. The maximum atomic E-state index is 12.9. The third-order valence-electron chi connectivity index (χ3n) is 4.14. The number of urea groups is 1. The Kier molecular flexibility index (Phi) is 3.12. The van der Waals surface area contributed by atoms with Gasteiger partial charge in [-0.25, -0.2) is 9.69 Å². The lowest BCUT2D eigenvalue weighted by molar-refractivity contribution is 0.198. The monoisotopic (exact) mass is 331 g/mol. The largest absolute Gasteiger partial charge is 0.330 e. The maximum absolute atomic E-state index is 12.9. The average molecular weight is 331 g/mol. The van der Waals surface area contributed by atoms with E-state index in [1.807, 2.05) is 30.3 Å². The highest BCUT2D eigenvalue weighted by Gasteiger charge is 2.43. The summed E-state index contributed by atoms with van der Waals surface area (Å²) in [6.07, 6.45) is 1.74. The van der Waals surface area contributed by atoms with Gasteiger partial charge >= 0.3 is 6.03 Å². The Bertz CT molecular complexity index is 859. The van der Waals surface area contributed by atoms with E-state index in [0.717, 1.165) is 29.9 Å². The summed E-state index contributed by atoms with van der Waals surface area (Å²) in [5, 5.41) is 0. The zero-order chi connectivity index (χ0) is 15.3. The van der Waals surface area contributed by atoms with Crippen LogP contribution in [0.2, 0.25) is 0 Å². The Morgan fingerprint density at radius 2 is 2.00 bits per heavy atom. The number of carbonyl (C=O) groups is 1. The molecule has 2 aliphatic rings. The third-order valence-corrected chi connectivity index (χ3v) is 5.19. The molecule has 2 aliphatic heterocycles. The molecule has 0 spiro atoms. The minimum atomic E-state index is -0.127. The number of hydrogen-bond acceptors (Lipinski definition) is 4. The fraction of sp³-hybridized carbons (Fsp3) is 0.267. The number of amides is 2. The molecule has 112 valence electrons. The first-order valence-electron chi connectivity index (χ1n) is 7.10. The molecule has 22 heavy (non-hydrogen) atoms. The van der Waals surface area contributed by atoms with Crippen LogP contribution in [-0.4, -0.2) is 22.5 Å². The molecule has 0 saturated carbocycles. The van der Waals surface area contributed by atoms with E-state index in [9.17, 15) is 9.59 Å². The first kappa shape index (κ1) is 13.7. The number of benzene rings is 1. The molecule has 1 atom stereocenters. The summed E-state index contributed by atoms with van der Waals surface area (Å²) in [6.45, 7) is 0.687. The first-order chi connectivity index (χ1) is 10.7. The van der Waals surface area contributed by atoms with Gasteiger partial charge in [0.1, 0.15) is 5.82 Å². The smallest absolute Gasteiger partial charge is 0.323 e. The highest BCUT2D eigenvalue weighted by atomic mass is 32.1. The van der Waals surface area contributed by atoms with Crippen molar-refractivity contribution >= 4 is 41.1 Å². The van der Waals surface area contributed by atoms with Gasteiger partial charge in [-0.2, -0.15) is 0 Å². The number of para-hydroxylation sites is 1. The number of nitrogens with one attached hydrogen (secondary N) is 1. The van der Waals surface area contributed by atoms with Gasteiger partial charge in [-0.1, -0.05) is 29.5 Å². The Morgan fingerprint density at radius 1 is 1.23 bits per heavy atom. The quantitative estimate of drug-likeness (QED) is 0.813. The van der Waals surface area contributed by atoms with E-state index in [1.165, 1.54) is 0 Å². The fourth-order valence-corrected chi connectivity index (χ4v) is 4.21. The van der Waals surface area contributed by atoms with Crippen LogP contribution in [0, 0.1) is 3.95 Å². The predicted octanol–water partition coefficient (Wildman–Crippen LogP) is 3.57. The van der Waals surface area contributed by atoms with Gasteiger partial charge < -0.3 is 9.88 Å². The zero-order valence-corrected chi connectivity index (χ0v) is 13.2. The number of anilines is 2. The molecular formula is C15H13N3O2S2. The van der Waals surface area contributed by atoms with Crippen molar-refractivity contribution in [1.82, 2.24) is 9.88 Å². The Balaban J connectivity index is 2.01. The lowest BCUT2D eigenvalue weighted by Gasteiger charge is -2.38. The molecule has 2 amide bonds. The number of carbonyl (C=O) groups excluding carboxylic acids is 1. The van der Waals surface area contributed by atoms with Crippen LogP contribution in [0.5, 0.6) is 0 Å². The lowest BCUT2D eigenvalue weighted by Crippen LogP contribution is -2.47. The molecule has 0 aliphatic carbocycles. The maximum Gasteiger partial charge on any atom is 0.330 e. The van der Waals surface area contributed by atoms with Crippen molar-refractivity contribution < 1.29 is 4.79 Å². The van der Waals surface area contributed by atoms with Crippen molar-refractivity contribution in [2.75, 3.05) is 11.4 Å². The van der Waals surface area contributed by atoms with Crippen molar-refractivity contribution in [3.63, 3.8) is 0 Å². The molecule has 1 saturated heterocycles. The van der Waals surface area contributed by atoms with Crippen LogP contribution in [0.1, 0.15) is 24.4 Å². The number of H-pyrrole nitrogens is 1. The number of hydrogen-bond donors (Lipinski definition) is 1. The number of rotatable bonds is 1. The van der Waals surface area contributed by atoms with Gasteiger partial charge in [-0.3, -0.25) is 4.79 Å². The molecule has 0 bridgehead atoms. The van der Waals surface area contributed by atoms with Gasteiger partial charge in [-0.05, 0) is 37.2 Å². The van der Waals surface area contributed by atoms with Gasteiger partial charge in [0.05, 0.1) is 17.3 Å². The molecular weight excluding hydrogens is 318 g/mol. The Morgan fingerprint density at radius 3 is 2.77 bits per heavy atom. The molecule has 1 unspecified atom stereocenters. The van der Waals surface area contributed by atoms with Crippen LogP contribution in [-0.2, 0) is 0 Å². The Hall–Kier alpha value is -1.99. The van der Waals surface area contributed by atoms with Crippen LogP contribution >= 0.6 is 23.6 Å². The van der Waals surface area contributed by atoms with Crippen LogP contribution in [0.25, 0.3) is 0 Å². The van der Waals surface area contributed by atoms with Gasteiger partial charge in [0.25, 0.3) is 0 Å². The summed E-state index contributed by atoms with van der Waals surface area (Å²) in [4.78, 5) is 31.8.